The third kappa shape index (κ3) is 9.01. The van der Waals surface area contributed by atoms with Crippen molar-refractivity contribution in [2.24, 2.45) is 0 Å². The summed E-state index contributed by atoms with van der Waals surface area (Å²) in [5, 5.41) is 20.7. The van der Waals surface area contributed by atoms with Gasteiger partial charge in [-0.1, -0.05) is 72.8 Å². The lowest BCUT2D eigenvalue weighted by atomic mass is 9.99. The summed E-state index contributed by atoms with van der Waals surface area (Å²) >= 11 is 0. The molecule has 224 valence electrons. The van der Waals surface area contributed by atoms with E-state index in [1.165, 1.54) is 0 Å². The zero-order valence-electron chi connectivity index (χ0n) is 25.2. The van der Waals surface area contributed by atoms with Crippen molar-refractivity contribution in [3.05, 3.63) is 137 Å². The number of methoxy groups -OCH3 is 1. The summed E-state index contributed by atoms with van der Waals surface area (Å²) < 4.78 is 5.34. The van der Waals surface area contributed by atoms with Gasteiger partial charge in [0.05, 0.1) is 25.3 Å². The maximum Gasteiger partial charge on any atom is 0.251 e. The summed E-state index contributed by atoms with van der Waals surface area (Å²) in [4.78, 5) is 26.7. The topological polar surface area (TPSA) is 99.7 Å². The number of ether oxygens (including phenoxy) is 1. The SMILES string of the molecule is COc1cccc([C@@H](C)NC[C@@H](O)[C@H](Cc2ccccc2)NC(=O)c2cc(C)cc(C(=O)N[C@@H](C)c3ccccc3)c2)c1. The van der Waals surface area contributed by atoms with Crippen molar-refractivity contribution < 1.29 is 19.4 Å². The molecule has 0 heterocycles. The molecule has 0 saturated carbocycles. The molecule has 0 bridgehead atoms. The third-order valence-electron chi connectivity index (χ3n) is 7.56. The Morgan fingerprint density at radius 1 is 0.744 bits per heavy atom. The van der Waals surface area contributed by atoms with Crippen molar-refractivity contribution >= 4 is 11.8 Å². The molecule has 0 spiro atoms. The summed E-state index contributed by atoms with van der Waals surface area (Å²) in [6.45, 7) is 6.06. The molecular weight excluding hydrogens is 538 g/mol. The molecule has 0 aromatic heterocycles. The molecule has 0 saturated heterocycles. The molecule has 2 amide bonds. The molecule has 0 aliphatic rings. The Bertz CT molecular complexity index is 1490. The lowest BCUT2D eigenvalue weighted by molar-refractivity contribution is 0.0825. The first kappa shape index (κ1) is 31.5. The number of aliphatic hydroxyl groups excluding tert-OH is 1. The summed E-state index contributed by atoms with van der Waals surface area (Å²) in [6.07, 6.45) is -0.437. The van der Waals surface area contributed by atoms with Gasteiger partial charge in [0, 0.05) is 23.7 Å². The van der Waals surface area contributed by atoms with Crippen LogP contribution in [0.25, 0.3) is 0 Å². The second-order valence-corrected chi connectivity index (χ2v) is 10.9. The Labute approximate surface area is 254 Å². The number of carbonyl (C=O) groups is 2. The number of benzene rings is 4. The predicted octanol–water partition coefficient (Wildman–Crippen LogP) is 5.55. The molecule has 7 heteroatoms. The fourth-order valence-corrected chi connectivity index (χ4v) is 5.02. The highest BCUT2D eigenvalue weighted by Gasteiger charge is 2.24. The summed E-state index contributed by atoms with van der Waals surface area (Å²) in [5.74, 6) is 0.155. The van der Waals surface area contributed by atoms with Crippen LogP contribution in [0.5, 0.6) is 5.75 Å². The molecule has 0 unspecified atom stereocenters. The van der Waals surface area contributed by atoms with Gasteiger partial charge in [-0.2, -0.15) is 0 Å². The Kier molecular flexibility index (Phi) is 11.1. The summed E-state index contributed by atoms with van der Waals surface area (Å²) in [5.41, 5.74) is 4.57. The van der Waals surface area contributed by atoms with E-state index >= 15 is 0 Å². The number of aliphatic hydroxyl groups is 1. The lowest BCUT2D eigenvalue weighted by Gasteiger charge is -2.26. The van der Waals surface area contributed by atoms with E-state index in [0.717, 1.165) is 28.0 Å². The standard InChI is InChI=1S/C36H41N3O4/c1-24-18-30(35(41)38-26(3)28-14-9-6-10-15-28)21-31(19-24)36(42)39-33(20-27-12-7-5-8-13-27)34(40)23-37-25(2)29-16-11-17-32(22-29)43-4/h5-19,21-22,25-26,33-34,37,40H,20,23H2,1-4H3,(H,38,41)(H,39,42)/t25-,26+,33+,34-/m1/s1. The van der Waals surface area contributed by atoms with Crippen LogP contribution >= 0.6 is 0 Å². The van der Waals surface area contributed by atoms with Crippen LogP contribution < -0.4 is 20.7 Å². The van der Waals surface area contributed by atoms with E-state index < -0.39 is 12.1 Å². The highest BCUT2D eigenvalue weighted by molar-refractivity contribution is 6.00. The van der Waals surface area contributed by atoms with Crippen molar-refractivity contribution in [2.45, 2.75) is 51.4 Å². The zero-order valence-corrected chi connectivity index (χ0v) is 25.2. The summed E-state index contributed by atoms with van der Waals surface area (Å²) in [6, 6.07) is 31.6. The monoisotopic (exact) mass is 579 g/mol. The fraction of sp³-hybridized carbons (Fsp3) is 0.278. The molecule has 4 aromatic rings. The first-order chi connectivity index (χ1) is 20.7. The molecule has 4 aromatic carbocycles. The quantitative estimate of drug-likeness (QED) is 0.167. The van der Waals surface area contributed by atoms with Crippen LogP contribution in [-0.2, 0) is 6.42 Å². The number of aryl methyl sites for hydroxylation is 1. The van der Waals surface area contributed by atoms with Gasteiger partial charge < -0.3 is 25.8 Å². The van der Waals surface area contributed by atoms with E-state index in [0.29, 0.717) is 17.5 Å². The van der Waals surface area contributed by atoms with Gasteiger partial charge in [-0.15, -0.1) is 0 Å². The second-order valence-electron chi connectivity index (χ2n) is 10.9. The molecule has 7 nitrogen and oxygen atoms in total. The van der Waals surface area contributed by atoms with Gasteiger partial charge in [-0.3, -0.25) is 9.59 Å². The van der Waals surface area contributed by atoms with E-state index in [-0.39, 0.29) is 30.4 Å². The van der Waals surface area contributed by atoms with E-state index in [9.17, 15) is 14.7 Å². The fourth-order valence-electron chi connectivity index (χ4n) is 5.02. The van der Waals surface area contributed by atoms with Crippen LogP contribution in [0.4, 0.5) is 0 Å². The predicted molar refractivity (Wildman–Crippen MR) is 170 cm³/mol. The van der Waals surface area contributed by atoms with E-state index in [4.69, 9.17) is 4.74 Å². The molecule has 0 radical (unpaired) electrons. The van der Waals surface area contributed by atoms with Gasteiger partial charge in [0.25, 0.3) is 11.8 Å². The van der Waals surface area contributed by atoms with Gasteiger partial charge in [-0.25, -0.2) is 0 Å². The molecule has 4 atom stereocenters. The number of hydrogen-bond donors (Lipinski definition) is 4. The Balaban J connectivity index is 1.47. The molecule has 43 heavy (non-hydrogen) atoms. The summed E-state index contributed by atoms with van der Waals surface area (Å²) in [7, 11) is 1.63. The van der Waals surface area contributed by atoms with Crippen molar-refractivity contribution in [3.63, 3.8) is 0 Å². The number of hydrogen-bond acceptors (Lipinski definition) is 5. The zero-order chi connectivity index (χ0) is 30.8. The van der Waals surface area contributed by atoms with Crippen LogP contribution in [0.1, 0.15) is 68.9 Å². The molecule has 4 rings (SSSR count). The van der Waals surface area contributed by atoms with Gasteiger partial charge >= 0.3 is 0 Å². The van der Waals surface area contributed by atoms with Gasteiger partial charge in [0.2, 0.25) is 0 Å². The minimum atomic E-state index is -0.878. The average molecular weight is 580 g/mol. The average Bonchev–Trinajstić information content (AvgIpc) is 3.03. The molecular formula is C36H41N3O4. The largest absolute Gasteiger partial charge is 0.497 e. The first-order valence-corrected chi connectivity index (χ1v) is 14.6. The third-order valence-corrected chi connectivity index (χ3v) is 7.56. The lowest BCUT2D eigenvalue weighted by Crippen LogP contribution is -2.49. The van der Waals surface area contributed by atoms with Crippen LogP contribution in [-0.4, -0.2) is 42.7 Å². The van der Waals surface area contributed by atoms with E-state index in [1.54, 1.807) is 25.3 Å². The highest BCUT2D eigenvalue weighted by atomic mass is 16.5. The van der Waals surface area contributed by atoms with Crippen molar-refractivity contribution in [3.8, 4) is 5.75 Å². The van der Waals surface area contributed by atoms with Crippen molar-refractivity contribution in [2.75, 3.05) is 13.7 Å². The molecule has 0 aliphatic heterocycles. The van der Waals surface area contributed by atoms with Crippen LogP contribution in [0.2, 0.25) is 0 Å². The molecule has 0 aliphatic carbocycles. The van der Waals surface area contributed by atoms with Crippen LogP contribution in [0.3, 0.4) is 0 Å². The van der Waals surface area contributed by atoms with Crippen LogP contribution in [0.15, 0.2) is 103 Å². The number of nitrogens with one attached hydrogen (secondary N) is 3. The second kappa shape index (κ2) is 15.1. The Hall–Kier alpha value is -4.46. The smallest absolute Gasteiger partial charge is 0.251 e. The highest BCUT2D eigenvalue weighted by Crippen LogP contribution is 2.19. The number of amides is 2. The molecule has 4 N–H and O–H groups in total. The number of rotatable bonds is 13. The maximum atomic E-state index is 13.6. The minimum absolute atomic E-state index is 0.0473. The Morgan fingerprint density at radius 2 is 1.35 bits per heavy atom. The minimum Gasteiger partial charge on any atom is -0.497 e. The molecule has 0 fully saturated rings. The van der Waals surface area contributed by atoms with Crippen molar-refractivity contribution in [1.29, 1.82) is 0 Å². The maximum absolute atomic E-state index is 13.6. The van der Waals surface area contributed by atoms with E-state index in [2.05, 4.69) is 16.0 Å². The van der Waals surface area contributed by atoms with Crippen molar-refractivity contribution in [1.82, 2.24) is 16.0 Å². The van der Waals surface area contributed by atoms with Gasteiger partial charge in [0.1, 0.15) is 5.75 Å². The van der Waals surface area contributed by atoms with Crippen LogP contribution in [0, 0.1) is 6.92 Å². The van der Waals surface area contributed by atoms with Gasteiger partial charge in [0.15, 0.2) is 0 Å². The van der Waals surface area contributed by atoms with Gasteiger partial charge in [-0.05, 0) is 79.8 Å². The van der Waals surface area contributed by atoms with E-state index in [1.807, 2.05) is 106 Å². The first-order valence-electron chi connectivity index (χ1n) is 14.6. The number of carbonyl (C=O) groups excluding carboxylic acids is 2. The Morgan fingerprint density at radius 3 is 2.00 bits per heavy atom. The normalized spacial score (nSPS) is 13.8.